The SMILES string of the molecule is CN1C(=O)C(=O)N(CCOc2ccc(CC#N)cc2)C1=O. The number of imide groups is 2. The highest BCUT2D eigenvalue weighted by Crippen LogP contribution is 2.13. The van der Waals surface area contributed by atoms with Gasteiger partial charge in [0.25, 0.3) is 0 Å². The van der Waals surface area contributed by atoms with Crippen molar-refractivity contribution in [1.82, 2.24) is 9.80 Å². The van der Waals surface area contributed by atoms with Crippen molar-refractivity contribution >= 4 is 17.8 Å². The van der Waals surface area contributed by atoms with Crippen molar-refractivity contribution in [3.05, 3.63) is 29.8 Å². The molecule has 1 aliphatic heterocycles. The summed E-state index contributed by atoms with van der Waals surface area (Å²) in [4.78, 5) is 36.1. The number of carbonyl (C=O) groups is 3. The van der Waals surface area contributed by atoms with Gasteiger partial charge in [0.1, 0.15) is 12.4 Å². The third kappa shape index (κ3) is 3.00. The number of rotatable bonds is 5. The van der Waals surface area contributed by atoms with Crippen LogP contribution < -0.4 is 4.74 Å². The molecule has 2 rings (SSSR count). The van der Waals surface area contributed by atoms with Crippen molar-refractivity contribution in [1.29, 1.82) is 5.26 Å². The summed E-state index contributed by atoms with van der Waals surface area (Å²) in [6.45, 7) is 0.101. The number of nitrogens with zero attached hydrogens (tertiary/aromatic N) is 3. The molecule has 0 N–H and O–H groups in total. The molecule has 0 unspecified atom stereocenters. The Labute approximate surface area is 121 Å². The van der Waals surface area contributed by atoms with Crippen molar-refractivity contribution < 1.29 is 19.1 Å². The number of amides is 4. The van der Waals surface area contributed by atoms with E-state index in [1.807, 2.05) is 6.07 Å². The molecule has 21 heavy (non-hydrogen) atoms. The smallest absolute Gasteiger partial charge is 0.334 e. The lowest BCUT2D eigenvalue weighted by Gasteiger charge is -2.13. The van der Waals surface area contributed by atoms with Crippen LogP contribution in [0.2, 0.25) is 0 Å². The van der Waals surface area contributed by atoms with Crippen LogP contribution in [0.15, 0.2) is 24.3 Å². The highest BCUT2D eigenvalue weighted by atomic mass is 16.5. The number of ether oxygens (including phenoxy) is 1. The number of hydrogen-bond donors (Lipinski definition) is 0. The molecule has 7 heteroatoms. The van der Waals surface area contributed by atoms with Crippen molar-refractivity contribution in [2.24, 2.45) is 0 Å². The van der Waals surface area contributed by atoms with E-state index in [1.165, 1.54) is 7.05 Å². The summed E-state index contributed by atoms with van der Waals surface area (Å²) in [6, 6.07) is 8.35. The van der Waals surface area contributed by atoms with E-state index in [4.69, 9.17) is 10.00 Å². The minimum absolute atomic E-state index is 0.00763. The van der Waals surface area contributed by atoms with Crippen LogP contribution in [-0.4, -0.2) is 47.8 Å². The number of likely N-dealkylation sites (N-methyl/N-ethyl adjacent to an activating group) is 1. The van der Waals surface area contributed by atoms with Gasteiger partial charge >= 0.3 is 17.8 Å². The highest BCUT2D eigenvalue weighted by Gasteiger charge is 2.41. The Morgan fingerprint density at radius 2 is 1.81 bits per heavy atom. The van der Waals surface area contributed by atoms with E-state index in [0.29, 0.717) is 12.2 Å². The minimum atomic E-state index is -0.838. The van der Waals surface area contributed by atoms with Gasteiger partial charge < -0.3 is 4.74 Å². The lowest BCUT2D eigenvalue weighted by Crippen LogP contribution is -2.35. The average molecular weight is 287 g/mol. The molecule has 1 aromatic carbocycles. The van der Waals surface area contributed by atoms with Gasteiger partial charge in [0.2, 0.25) is 0 Å². The maximum Gasteiger partial charge on any atom is 0.334 e. The number of benzene rings is 1. The third-order valence-electron chi connectivity index (χ3n) is 3.04. The van der Waals surface area contributed by atoms with E-state index < -0.39 is 17.8 Å². The van der Waals surface area contributed by atoms with E-state index in [1.54, 1.807) is 24.3 Å². The summed E-state index contributed by atoms with van der Waals surface area (Å²) in [5.41, 5.74) is 0.877. The molecule has 0 atom stereocenters. The predicted octanol–water partition coefficient (Wildman–Crippen LogP) is 0.552. The van der Waals surface area contributed by atoms with Crippen molar-refractivity contribution in [3.63, 3.8) is 0 Å². The molecule has 0 aliphatic carbocycles. The lowest BCUT2D eigenvalue weighted by atomic mass is 10.2. The molecule has 1 aliphatic rings. The van der Waals surface area contributed by atoms with Crippen LogP contribution in [0, 0.1) is 11.3 Å². The van der Waals surface area contributed by atoms with Gasteiger partial charge in [-0.15, -0.1) is 0 Å². The maximum atomic E-state index is 11.6. The number of urea groups is 1. The molecule has 1 heterocycles. The summed E-state index contributed by atoms with van der Waals surface area (Å²) in [6.07, 6.45) is 0.325. The quantitative estimate of drug-likeness (QED) is 0.582. The molecular formula is C14H13N3O4. The van der Waals surface area contributed by atoms with Crippen LogP contribution in [0.3, 0.4) is 0 Å². The molecule has 0 radical (unpaired) electrons. The Hall–Kier alpha value is -2.88. The molecule has 1 aromatic rings. The first-order valence-corrected chi connectivity index (χ1v) is 6.27. The molecule has 1 saturated heterocycles. The summed E-state index contributed by atoms with van der Waals surface area (Å²) < 4.78 is 5.41. The predicted molar refractivity (Wildman–Crippen MR) is 71.1 cm³/mol. The molecule has 7 nitrogen and oxygen atoms in total. The van der Waals surface area contributed by atoms with E-state index in [-0.39, 0.29) is 13.2 Å². The Morgan fingerprint density at radius 1 is 1.14 bits per heavy atom. The van der Waals surface area contributed by atoms with E-state index in [2.05, 4.69) is 0 Å². The second kappa shape index (κ2) is 6.05. The molecule has 1 fully saturated rings. The summed E-state index contributed by atoms with van der Waals surface area (Å²) >= 11 is 0. The monoisotopic (exact) mass is 287 g/mol. The Bertz CT molecular complexity index is 618. The molecule has 108 valence electrons. The molecule has 0 aromatic heterocycles. The van der Waals surface area contributed by atoms with Crippen LogP contribution in [0.4, 0.5) is 4.79 Å². The molecular weight excluding hydrogens is 274 g/mol. The molecule has 0 saturated carbocycles. The minimum Gasteiger partial charge on any atom is -0.492 e. The van der Waals surface area contributed by atoms with Crippen molar-refractivity contribution in [2.75, 3.05) is 20.2 Å². The van der Waals surface area contributed by atoms with Gasteiger partial charge in [-0.25, -0.2) is 4.79 Å². The van der Waals surface area contributed by atoms with Gasteiger partial charge in [0, 0.05) is 7.05 Å². The van der Waals surface area contributed by atoms with Gasteiger partial charge in [-0.3, -0.25) is 19.4 Å². The Kier molecular flexibility index (Phi) is 4.18. The normalized spacial score (nSPS) is 14.6. The molecule has 0 spiro atoms. The van der Waals surface area contributed by atoms with Gasteiger partial charge in [0.15, 0.2) is 0 Å². The summed E-state index contributed by atoms with van der Waals surface area (Å²) in [5.74, 6) is -1.10. The van der Waals surface area contributed by atoms with E-state index >= 15 is 0 Å². The zero-order valence-electron chi connectivity index (χ0n) is 11.4. The molecule has 4 amide bonds. The fraction of sp³-hybridized carbons (Fsp3) is 0.286. The van der Waals surface area contributed by atoms with Gasteiger partial charge in [-0.05, 0) is 17.7 Å². The second-order valence-electron chi connectivity index (χ2n) is 4.43. The number of hydrogen-bond acceptors (Lipinski definition) is 5. The van der Waals surface area contributed by atoms with E-state index in [9.17, 15) is 14.4 Å². The largest absolute Gasteiger partial charge is 0.492 e. The number of nitriles is 1. The Morgan fingerprint density at radius 3 is 2.33 bits per heavy atom. The summed E-state index contributed by atoms with van der Waals surface area (Å²) in [7, 11) is 1.26. The first-order chi connectivity index (χ1) is 10.0. The highest BCUT2D eigenvalue weighted by molar-refractivity contribution is 6.44. The van der Waals surface area contributed by atoms with E-state index in [0.717, 1.165) is 15.4 Å². The van der Waals surface area contributed by atoms with Crippen LogP contribution >= 0.6 is 0 Å². The summed E-state index contributed by atoms with van der Waals surface area (Å²) in [5, 5.41) is 8.56. The number of carbonyl (C=O) groups excluding carboxylic acids is 3. The van der Waals surface area contributed by atoms with Gasteiger partial charge in [-0.2, -0.15) is 5.26 Å². The maximum absolute atomic E-state index is 11.6. The first kappa shape index (κ1) is 14.5. The van der Waals surface area contributed by atoms with Crippen molar-refractivity contribution in [3.8, 4) is 11.8 Å². The zero-order chi connectivity index (χ0) is 15.4. The van der Waals surface area contributed by atoms with Gasteiger partial charge in [0.05, 0.1) is 19.0 Å². The standard InChI is InChI=1S/C14H13N3O4/c1-16-12(18)13(19)17(14(16)20)8-9-21-11-4-2-10(3-5-11)6-7-15/h2-5H,6,8-9H2,1H3. The first-order valence-electron chi connectivity index (χ1n) is 6.27. The van der Waals surface area contributed by atoms with Crippen LogP contribution in [0.1, 0.15) is 5.56 Å². The van der Waals surface area contributed by atoms with Crippen molar-refractivity contribution in [2.45, 2.75) is 6.42 Å². The molecule has 0 bridgehead atoms. The topological polar surface area (TPSA) is 90.7 Å². The zero-order valence-corrected chi connectivity index (χ0v) is 11.4. The van der Waals surface area contributed by atoms with Gasteiger partial charge in [-0.1, -0.05) is 12.1 Å². The van der Waals surface area contributed by atoms with Crippen LogP contribution in [0.5, 0.6) is 5.75 Å². The third-order valence-corrected chi connectivity index (χ3v) is 3.04. The Balaban J connectivity index is 1.87. The van der Waals surface area contributed by atoms with Crippen LogP contribution in [0.25, 0.3) is 0 Å². The van der Waals surface area contributed by atoms with Crippen LogP contribution in [-0.2, 0) is 16.0 Å². The fourth-order valence-electron chi connectivity index (χ4n) is 1.86. The second-order valence-corrected chi connectivity index (χ2v) is 4.43. The lowest BCUT2D eigenvalue weighted by molar-refractivity contribution is -0.142. The fourth-order valence-corrected chi connectivity index (χ4v) is 1.86. The average Bonchev–Trinajstić information content (AvgIpc) is 2.67.